The highest BCUT2D eigenvalue weighted by molar-refractivity contribution is 6.30. The van der Waals surface area contributed by atoms with Crippen LogP contribution in [0.4, 0.5) is 0 Å². The van der Waals surface area contributed by atoms with Crippen molar-refractivity contribution < 1.29 is 0 Å². The number of nitrogens with zero attached hydrogens (tertiary/aromatic N) is 3. The van der Waals surface area contributed by atoms with Crippen LogP contribution in [0.2, 0.25) is 5.02 Å². The molecule has 1 heterocycles. The lowest BCUT2D eigenvalue weighted by atomic mass is 10.2. The van der Waals surface area contributed by atoms with Crippen molar-refractivity contribution in [2.24, 2.45) is 12.0 Å². The predicted octanol–water partition coefficient (Wildman–Crippen LogP) is 2.76. The number of rotatable bonds is 7. The maximum Gasteiger partial charge on any atom is 0.191 e. The van der Waals surface area contributed by atoms with Crippen LogP contribution in [0.3, 0.4) is 0 Å². The van der Waals surface area contributed by atoms with Crippen molar-refractivity contribution >= 4 is 17.6 Å². The number of halogens is 1. The quantitative estimate of drug-likeness (QED) is 0.465. The summed E-state index contributed by atoms with van der Waals surface area (Å²) in [6, 6.07) is 7.77. The minimum Gasteiger partial charge on any atom is -0.357 e. The Kier molecular flexibility index (Phi) is 6.94. The van der Waals surface area contributed by atoms with Crippen molar-refractivity contribution in [2.75, 3.05) is 13.1 Å². The topological polar surface area (TPSA) is 54.2 Å². The van der Waals surface area contributed by atoms with Gasteiger partial charge in [-0.05, 0) is 43.0 Å². The van der Waals surface area contributed by atoms with Gasteiger partial charge >= 0.3 is 0 Å². The van der Waals surface area contributed by atoms with Crippen LogP contribution in [0.25, 0.3) is 0 Å². The van der Waals surface area contributed by atoms with E-state index in [9.17, 15) is 0 Å². The van der Waals surface area contributed by atoms with E-state index in [1.165, 1.54) is 5.56 Å². The lowest BCUT2D eigenvalue weighted by Gasteiger charge is -2.11. The van der Waals surface area contributed by atoms with Gasteiger partial charge in [-0.2, -0.15) is 5.10 Å². The van der Waals surface area contributed by atoms with Gasteiger partial charge in [0.1, 0.15) is 0 Å². The highest BCUT2D eigenvalue weighted by Crippen LogP contribution is 2.10. The Labute approximate surface area is 142 Å². The summed E-state index contributed by atoms with van der Waals surface area (Å²) >= 11 is 5.89. The third-order valence-electron chi connectivity index (χ3n) is 3.37. The lowest BCUT2D eigenvalue weighted by molar-refractivity contribution is 0.740. The molecule has 0 aliphatic rings. The van der Waals surface area contributed by atoms with E-state index in [4.69, 9.17) is 11.6 Å². The predicted molar refractivity (Wildman–Crippen MR) is 95.8 cm³/mol. The number of nitrogens with one attached hydrogen (secondary N) is 2. The van der Waals surface area contributed by atoms with Gasteiger partial charge in [0.2, 0.25) is 0 Å². The van der Waals surface area contributed by atoms with Gasteiger partial charge in [-0.1, -0.05) is 23.7 Å². The number of hydrogen-bond acceptors (Lipinski definition) is 2. The highest BCUT2D eigenvalue weighted by atomic mass is 35.5. The molecule has 0 aliphatic heterocycles. The van der Waals surface area contributed by atoms with E-state index in [0.717, 1.165) is 42.5 Å². The normalized spacial score (nSPS) is 11.5. The van der Waals surface area contributed by atoms with Gasteiger partial charge in [0.15, 0.2) is 5.96 Å². The number of guanidine groups is 1. The number of benzene rings is 1. The molecule has 124 valence electrons. The molecule has 2 N–H and O–H groups in total. The number of aryl methyl sites for hydroxylation is 2. The Balaban J connectivity index is 1.78. The van der Waals surface area contributed by atoms with Crippen molar-refractivity contribution in [3.63, 3.8) is 0 Å². The first-order valence-corrected chi connectivity index (χ1v) is 8.29. The lowest BCUT2D eigenvalue weighted by Crippen LogP contribution is -2.37. The minimum atomic E-state index is 0.634. The van der Waals surface area contributed by atoms with Crippen LogP contribution in [-0.2, 0) is 20.0 Å². The van der Waals surface area contributed by atoms with E-state index in [1.807, 2.05) is 42.2 Å². The first-order valence-electron chi connectivity index (χ1n) is 7.91. The summed E-state index contributed by atoms with van der Waals surface area (Å²) in [4.78, 5) is 4.60. The van der Waals surface area contributed by atoms with E-state index < -0.39 is 0 Å². The second-order valence-electron chi connectivity index (χ2n) is 5.37. The third-order valence-corrected chi connectivity index (χ3v) is 3.62. The molecule has 0 spiro atoms. The monoisotopic (exact) mass is 333 g/mol. The molecule has 0 aliphatic carbocycles. The highest BCUT2D eigenvalue weighted by Gasteiger charge is 1.99. The summed E-state index contributed by atoms with van der Waals surface area (Å²) in [5.41, 5.74) is 2.40. The van der Waals surface area contributed by atoms with Gasteiger partial charge in [-0.3, -0.25) is 4.68 Å². The van der Waals surface area contributed by atoms with E-state index in [0.29, 0.717) is 6.54 Å². The minimum absolute atomic E-state index is 0.634. The molecule has 2 aromatic rings. The zero-order chi connectivity index (χ0) is 16.5. The molecule has 0 radical (unpaired) electrons. The van der Waals surface area contributed by atoms with Gasteiger partial charge < -0.3 is 10.6 Å². The van der Waals surface area contributed by atoms with Crippen molar-refractivity contribution in [1.29, 1.82) is 0 Å². The Morgan fingerprint density at radius 2 is 2.00 bits per heavy atom. The standard InChI is InChI=1S/C17H24ClN5/c1-3-19-17(21-11-14-6-8-16(18)9-7-14)20-10-4-5-15-12-22-23(2)13-15/h6-9,12-13H,3-5,10-11H2,1-2H3,(H2,19,20,21). The van der Waals surface area contributed by atoms with Crippen molar-refractivity contribution in [3.05, 3.63) is 52.8 Å². The van der Waals surface area contributed by atoms with Crippen molar-refractivity contribution in [3.8, 4) is 0 Å². The van der Waals surface area contributed by atoms with Crippen LogP contribution >= 0.6 is 11.6 Å². The molecule has 0 saturated heterocycles. The third kappa shape index (κ3) is 6.32. The number of hydrogen-bond donors (Lipinski definition) is 2. The molecule has 2 rings (SSSR count). The second-order valence-corrected chi connectivity index (χ2v) is 5.81. The Morgan fingerprint density at radius 1 is 1.22 bits per heavy atom. The maximum atomic E-state index is 5.89. The van der Waals surface area contributed by atoms with E-state index >= 15 is 0 Å². The number of aromatic nitrogens is 2. The van der Waals surface area contributed by atoms with Crippen LogP contribution in [0.5, 0.6) is 0 Å². The number of aliphatic imine (C=N–C) groups is 1. The molecule has 1 aromatic heterocycles. The van der Waals surface area contributed by atoms with Gasteiger partial charge in [-0.15, -0.1) is 0 Å². The fourth-order valence-electron chi connectivity index (χ4n) is 2.20. The molecule has 0 unspecified atom stereocenters. The fourth-order valence-corrected chi connectivity index (χ4v) is 2.33. The Morgan fingerprint density at radius 3 is 2.65 bits per heavy atom. The molecule has 0 bridgehead atoms. The van der Waals surface area contributed by atoms with Gasteiger partial charge in [-0.25, -0.2) is 4.99 Å². The average molecular weight is 334 g/mol. The zero-order valence-corrected chi connectivity index (χ0v) is 14.5. The smallest absolute Gasteiger partial charge is 0.191 e. The molecule has 0 atom stereocenters. The molecule has 23 heavy (non-hydrogen) atoms. The molecule has 1 aromatic carbocycles. The fraction of sp³-hybridized carbons (Fsp3) is 0.412. The average Bonchev–Trinajstić information content (AvgIpc) is 2.96. The first kappa shape index (κ1) is 17.3. The largest absolute Gasteiger partial charge is 0.357 e. The summed E-state index contributed by atoms with van der Waals surface area (Å²) in [6.45, 7) is 4.42. The van der Waals surface area contributed by atoms with Gasteiger partial charge in [0.05, 0.1) is 12.7 Å². The molecule has 5 nitrogen and oxygen atoms in total. The second kappa shape index (κ2) is 9.20. The SMILES string of the molecule is CCNC(=NCc1ccc(Cl)cc1)NCCCc1cnn(C)c1. The Hall–Kier alpha value is -2.01. The van der Waals surface area contributed by atoms with E-state index in [-0.39, 0.29) is 0 Å². The van der Waals surface area contributed by atoms with Crippen molar-refractivity contribution in [1.82, 2.24) is 20.4 Å². The summed E-state index contributed by atoms with van der Waals surface area (Å²) in [7, 11) is 1.94. The maximum absolute atomic E-state index is 5.89. The van der Waals surface area contributed by atoms with Gasteiger partial charge in [0.25, 0.3) is 0 Å². The van der Waals surface area contributed by atoms with Crippen LogP contribution < -0.4 is 10.6 Å². The molecular weight excluding hydrogens is 310 g/mol. The van der Waals surface area contributed by atoms with Gasteiger partial charge in [0, 0.05) is 31.4 Å². The first-order chi connectivity index (χ1) is 11.2. The van der Waals surface area contributed by atoms with Crippen LogP contribution in [0.15, 0.2) is 41.7 Å². The summed E-state index contributed by atoms with van der Waals surface area (Å²) < 4.78 is 1.83. The van der Waals surface area contributed by atoms with Crippen LogP contribution in [-0.4, -0.2) is 28.8 Å². The van der Waals surface area contributed by atoms with E-state index in [2.05, 4.69) is 33.8 Å². The van der Waals surface area contributed by atoms with Crippen LogP contribution in [0.1, 0.15) is 24.5 Å². The summed E-state index contributed by atoms with van der Waals surface area (Å²) in [6.07, 6.45) is 6.02. The molecular formula is C17H24ClN5. The molecule has 0 amide bonds. The molecule has 6 heteroatoms. The van der Waals surface area contributed by atoms with E-state index in [1.54, 1.807) is 0 Å². The summed E-state index contributed by atoms with van der Waals surface area (Å²) in [5, 5.41) is 11.6. The summed E-state index contributed by atoms with van der Waals surface area (Å²) in [5.74, 6) is 0.841. The Bertz CT molecular complexity index is 618. The molecule has 0 saturated carbocycles. The zero-order valence-electron chi connectivity index (χ0n) is 13.7. The van der Waals surface area contributed by atoms with Crippen molar-refractivity contribution in [2.45, 2.75) is 26.3 Å². The molecule has 0 fully saturated rings. The van der Waals surface area contributed by atoms with Crippen LogP contribution in [0, 0.1) is 0 Å².